The Kier molecular flexibility index (Phi) is 10.4. The third-order valence-electron chi connectivity index (χ3n) is 5.07. The molecule has 8 heteroatoms. The molecule has 1 aromatic carbocycles. The first-order valence-corrected chi connectivity index (χ1v) is 13.4. The van der Waals surface area contributed by atoms with Crippen LogP contribution in [0.1, 0.15) is 70.6 Å². The highest BCUT2D eigenvalue weighted by molar-refractivity contribution is 14.1. The second-order valence-electron chi connectivity index (χ2n) is 7.64. The van der Waals surface area contributed by atoms with Crippen molar-refractivity contribution in [2.75, 3.05) is 17.1 Å². The molecule has 0 spiro atoms. The minimum absolute atomic E-state index is 0.282. The van der Waals surface area contributed by atoms with Gasteiger partial charge in [-0.3, -0.25) is 9.10 Å². The standard InChI is InChI=1S/C21H32IN3O3S/c1-29(27,28)25(20-15-13-18(22)14-16-20)17-21(26)24-23-19-11-9-7-5-3-2-4-6-8-10-12-19/h13-16H,2-12,17H2,1H3,(H,24,26). The number of hydrazone groups is 1. The van der Waals surface area contributed by atoms with Gasteiger partial charge in [0.25, 0.3) is 5.91 Å². The van der Waals surface area contributed by atoms with E-state index in [1.807, 2.05) is 12.1 Å². The molecule has 0 radical (unpaired) electrons. The lowest BCUT2D eigenvalue weighted by molar-refractivity contribution is -0.119. The fourth-order valence-electron chi connectivity index (χ4n) is 3.45. The molecule has 1 fully saturated rings. The number of hydrogen-bond donors (Lipinski definition) is 1. The fraction of sp³-hybridized carbons (Fsp3) is 0.619. The SMILES string of the molecule is CS(=O)(=O)N(CC(=O)NN=C1CCCCCCCCCCC1)c1ccc(I)cc1. The lowest BCUT2D eigenvalue weighted by atomic mass is 10.00. The summed E-state index contributed by atoms with van der Waals surface area (Å²) in [5.74, 6) is -0.424. The molecule has 29 heavy (non-hydrogen) atoms. The van der Waals surface area contributed by atoms with Crippen LogP contribution in [-0.4, -0.2) is 32.8 Å². The van der Waals surface area contributed by atoms with Crippen molar-refractivity contribution in [3.05, 3.63) is 27.8 Å². The molecule has 0 bridgehead atoms. The molecule has 1 amide bonds. The molecule has 0 atom stereocenters. The second-order valence-corrected chi connectivity index (χ2v) is 10.8. The topological polar surface area (TPSA) is 78.8 Å². The molecular formula is C21H32IN3O3S. The van der Waals surface area contributed by atoms with Crippen LogP contribution >= 0.6 is 22.6 Å². The summed E-state index contributed by atoms with van der Waals surface area (Å²) in [5, 5.41) is 4.35. The van der Waals surface area contributed by atoms with Crippen LogP contribution in [0, 0.1) is 3.57 Å². The van der Waals surface area contributed by atoms with Crippen molar-refractivity contribution < 1.29 is 13.2 Å². The van der Waals surface area contributed by atoms with E-state index in [9.17, 15) is 13.2 Å². The number of carbonyl (C=O) groups excluding carboxylic acids is 1. The molecule has 0 aromatic heterocycles. The lowest BCUT2D eigenvalue weighted by Crippen LogP contribution is -2.39. The highest BCUT2D eigenvalue weighted by Crippen LogP contribution is 2.19. The summed E-state index contributed by atoms with van der Waals surface area (Å²) < 4.78 is 26.5. The van der Waals surface area contributed by atoms with Crippen LogP contribution in [-0.2, 0) is 14.8 Å². The summed E-state index contributed by atoms with van der Waals surface area (Å²) in [6.45, 7) is -0.282. The van der Waals surface area contributed by atoms with E-state index in [1.54, 1.807) is 12.1 Å². The highest BCUT2D eigenvalue weighted by Gasteiger charge is 2.20. The van der Waals surface area contributed by atoms with Gasteiger partial charge in [-0.1, -0.05) is 44.9 Å². The minimum Gasteiger partial charge on any atom is -0.271 e. The maximum atomic E-state index is 12.4. The Labute approximate surface area is 188 Å². The van der Waals surface area contributed by atoms with E-state index in [0.29, 0.717) is 5.69 Å². The third kappa shape index (κ3) is 9.46. The normalized spacial score (nSPS) is 17.0. The van der Waals surface area contributed by atoms with Crippen molar-refractivity contribution >= 4 is 49.9 Å². The maximum Gasteiger partial charge on any atom is 0.260 e. The van der Waals surface area contributed by atoms with E-state index in [2.05, 4.69) is 33.1 Å². The Morgan fingerprint density at radius 3 is 1.93 bits per heavy atom. The van der Waals surface area contributed by atoms with Gasteiger partial charge in [-0.05, 0) is 72.5 Å². The number of nitrogens with zero attached hydrogens (tertiary/aromatic N) is 2. The Morgan fingerprint density at radius 2 is 1.45 bits per heavy atom. The lowest BCUT2D eigenvalue weighted by Gasteiger charge is -2.21. The van der Waals surface area contributed by atoms with Crippen molar-refractivity contribution in [2.45, 2.75) is 70.6 Å². The van der Waals surface area contributed by atoms with Crippen LogP contribution in [0.5, 0.6) is 0 Å². The first-order valence-electron chi connectivity index (χ1n) is 10.4. The summed E-state index contributed by atoms with van der Waals surface area (Å²) in [6.07, 6.45) is 14.0. The third-order valence-corrected chi connectivity index (χ3v) is 6.93. The smallest absolute Gasteiger partial charge is 0.260 e. The van der Waals surface area contributed by atoms with Crippen molar-refractivity contribution in [1.29, 1.82) is 0 Å². The van der Waals surface area contributed by atoms with Crippen LogP contribution < -0.4 is 9.73 Å². The maximum absolute atomic E-state index is 12.4. The largest absolute Gasteiger partial charge is 0.271 e. The van der Waals surface area contributed by atoms with Crippen molar-refractivity contribution in [2.24, 2.45) is 5.10 Å². The number of carbonyl (C=O) groups is 1. The van der Waals surface area contributed by atoms with Gasteiger partial charge in [0.2, 0.25) is 10.0 Å². The Morgan fingerprint density at radius 1 is 0.966 bits per heavy atom. The van der Waals surface area contributed by atoms with Crippen LogP contribution in [0.15, 0.2) is 29.4 Å². The summed E-state index contributed by atoms with van der Waals surface area (Å²) in [4.78, 5) is 12.4. The zero-order chi connectivity index (χ0) is 21.1. The summed E-state index contributed by atoms with van der Waals surface area (Å²) in [5.41, 5.74) is 4.08. The number of amides is 1. The number of nitrogens with one attached hydrogen (secondary N) is 1. The molecule has 0 heterocycles. The van der Waals surface area contributed by atoms with Gasteiger partial charge in [-0.25, -0.2) is 13.8 Å². The first kappa shape index (κ1) is 24.1. The molecule has 2 rings (SSSR count). The zero-order valence-corrected chi connectivity index (χ0v) is 20.2. The molecule has 1 aliphatic carbocycles. The van der Waals surface area contributed by atoms with E-state index in [4.69, 9.17) is 0 Å². The first-order chi connectivity index (χ1) is 13.9. The quantitative estimate of drug-likeness (QED) is 0.435. The Hall–Kier alpha value is -1.16. The molecule has 0 unspecified atom stereocenters. The van der Waals surface area contributed by atoms with Gasteiger partial charge in [0, 0.05) is 9.28 Å². The molecule has 162 valence electrons. The van der Waals surface area contributed by atoms with Crippen LogP contribution in [0.3, 0.4) is 0 Å². The monoisotopic (exact) mass is 533 g/mol. The van der Waals surface area contributed by atoms with Crippen LogP contribution in [0.4, 0.5) is 5.69 Å². The van der Waals surface area contributed by atoms with Gasteiger partial charge in [0.05, 0.1) is 11.9 Å². The predicted octanol–water partition coefficient (Wildman–Crippen LogP) is 4.83. The van der Waals surface area contributed by atoms with E-state index in [0.717, 1.165) is 45.5 Å². The predicted molar refractivity (Wildman–Crippen MR) is 128 cm³/mol. The number of sulfonamides is 1. The van der Waals surface area contributed by atoms with E-state index < -0.39 is 15.9 Å². The average Bonchev–Trinajstić information content (AvgIpc) is 2.66. The fourth-order valence-corrected chi connectivity index (χ4v) is 4.66. The molecule has 1 N–H and O–H groups in total. The summed E-state index contributed by atoms with van der Waals surface area (Å²) in [6, 6.07) is 7.04. The molecule has 1 saturated carbocycles. The Bertz CT molecular complexity index is 765. The Balaban J connectivity index is 1.98. The van der Waals surface area contributed by atoms with E-state index in [1.165, 1.54) is 44.9 Å². The van der Waals surface area contributed by atoms with Gasteiger partial charge < -0.3 is 0 Å². The van der Waals surface area contributed by atoms with Gasteiger partial charge >= 0.3 is 0 Å². The molecule has 1 aliphatic rings. The zero-order valence-electron chi connectivity index (χ0n) is 17.2. The van der Waals surface area contributed by atoms with Crippen molar-refractivity contribution in [3.63, 3.8) is 0 Å². The van der Waals surface area contributed by atoms with Crippen molar-refractivity contribution in [1.82, 2.24) is 5.43 Å². The van der Waals surface area contributed by atoms with E-state index >= 15 is 0 Å². The summed E-state index contributed by atoms with van der Waals surface area (Å²) in [7, 11) is -3.57. The number of benzene rings is 1. The highest BCUT2D eigenvalue weighted by atomic mass is 127. The molecule has 1 aromatic rings. The molecule has 6 nitrogen and oxygen atoms in total. The van der Waals surface area contributed by atoms with Gasteiger partial charge in [0.1, 0.15) is 6.54 Å². The van der Waals surface area contributed by atoms with Gasteiger partial charge in [-0.2, -0.15) is 5.10 Å². The number of hydrogen-bond acceptors (Lipinski definition) is 4. The number of halogens is 1. The van der Waals surface area contributed by atoms with Crippen LogP contribution in [0.25, 0.3) is 0 Å². The summed E-state index contributed by atoms with van der Waals surface area (Å²) >= 11 is 2.15. The van der Waals surface area contributed by atoms with Crippen molar-refractivity contribution in [3.8, 4) is 0 Å². The number of rotatable bonds is 5. The van der Waals surface area contributed by atoms with Crippen LogP contribution in [0.2, 0.25) is 0 Å². The molecular weight excluding hydrogens is 501 g/mol. The average molecular weight is 533 g/mol. The minimum atomic E-state index is -3.57. The molecule has 0 saturated heterocycles. The van der Waals surface area contributed by atoms with Gasteiger partial charge in [0.15, 0.2) is 0 Å². The molecule has 0 aliphatic heterocycles. The van der Waals surface area contributed by atoms with Gasteiger partial charge in [-0.15, -0.1) is 0 Å². The number of anilines is 1. The second kappa shape index (κ2) is 12.5. The van der Waals surface area contributed by atoms with E-state index in [-0.39, 0.29) is 6.54 Å².